The Morgan fingerprint density at radius 2 is 2.67 bits per heavy atom. The Labute approximate surface area is 75.0 Å². The van der Waals surface area contributed by atoms with Crippen molar-refractivity contribution in [2.45, 2.75) is 6.92 Å². The molecule has 0 amide bonds. The van der Waals surface area contributed by atoms with Crippen LogP contribution in [0.3, 0.4) is 0 Å². The Kier molecular flexibility index (Phi) is 2.76. The molecule has 1 heterocycles. The van der Waals surface area contributed by atoms with Crippen molar-refractivity contribution in [1.29, 1.82) is 0 Å². The number of aryl methyl sites for hydroxylation is 1. The van der Waals surface area contributed by atoms with Gasteiger partial charge in [-0.25, -0.2) is 0 Å². The molecule has 5 nitrogen and oxygen atoms in total. The van der Waals surface area contributed by atoms with Crippen molar-refractivity contribution in [3.63, 3.8) is 0 Å². The standard InChI is InChI=1S/C6H9N5S/c1-4-2-5(10-9-4)3-8-11-6(7)12/h2-3H,1H3,(H,9,10)(H3,7,11,12)/b8-3+. The van der Waals surface area contributed by atoms with Crippen LogP contribution in [0, 0.1) is 6.92 Å². The van der Waals surface area contributed by atoms with Gasteiger partial charge >= 0.3 is 0 Å². The topological polar surface area (TPSA) is 79.1 Å². The molecule has 4 N–H and O–H groups in total. The summed E-state index contributed by atoms with van der Waals surface area (Å²) in [6.07, 6.45) is 1.53. The third-order valence-corrected chi connectivity index (χ3v) is 1.19. The molecule has 0 aliphatic heterocycles. The normalized spacial score (nSPS) is 10.4. The number of aromatic nitrogens is 2. The monoisotopic (exact) mass is 183 g/mol. The number of nitrogens with two attached hydrogens (primary N) is 1. The Balaban J connectivity index is 2.52. The highest BCUT2D eigenvalue weighted by atomic mass is 32.1. The van der Waals surface area contributed by atoms with E-state index in [4.69, 9.17) is 5.73 Å². The number of aromatic amines is 1. The molecule has 0 atom stereocenters. The van der Waals surface area contributed by atoms with E-state index in [-0.39, 0.29) is 5.11 Å². The van der Waals surface area contributed by atoms with Crippen molar-refractivity contribution in [2.24, 2.45) is 10.8 Å². The number of hydrogen-bond acceptors (Lipinski definition) is 3. The van der Waals surface area contributed by atoms with Crippen LogP contribution >= 0.6 is 12.2 Å². The number of hydrogen-bond donors (Lipinski definition) is 3. The molecular formula is C6H9N5S. The smallest absolute Gasteiger partial charge is 0.184 e. The first-order chi connectivity index (χ1) is 5.68. The summed E-state index contributed by atoms with van der Waals surface area (Å²) in [6, 6.07) is 1.85. The van der Waals surface area contributed by atoms with Crippen LogP contribution in [0.5, 0.6) is 0 Å². The van der Waals surface area contributed by atoms with Gasteiger partial charge in [-0.05, 0) is 25.2 Å². The molecule has 12 heavy (non-hydrogen) atoms. The third-order valence-electron chi connectivity index (χ3n) is 1.10. The second kappa shape index (κ2) is 3.82. The SMILES string of the molecule is Cc1cc(/C=N/NC(N)=S)n[nH]1. The molecule has 0 saturated heterocycles. The van der Waals surface area contributed by atoms with E-state index >= 15 is 0 Å². The fraction of sp³-hybridized carbons (Fsp3) is 0.167. The van der Waals surface area contributed by atoms with E-state index in [1.165, 1.54) is 6.21 Å². The van der Waals surface area contributed by atoms with Gasteiger partial charge in [0.2, 0.25) is 0 Å². The summed E-state index contributed by atoms with van der Waals surface area (Å²) >= 11 is 4.54. The van der Waals surface area contributed by atoms with E-state index in [1.807, 2.05) is 13.0 Å². The van der Waals surface area contributed by atoms with E-state index < -0.39 is 0 Å². The summed E-state index contributed by atoms with van der Waals surface area (Å²) in [5.74, 6) is 0. The van der Waals surface area contributed by atoms with Crippen LogP contribution < -0.4 is 11.2 Å². The van der Waals surface area contributed by atoms with Gasteiger partial charge in [0, 0.05) is 5.69 Å². The first kappa shape index (κ1) is 8.66. The van der Waals surface area contributed by atoms with E-state index in [1.54, 1.807) is 0 Å². The zero-order valence-electron chi connectivity index (χ0n) is 6.53. The average molecular weight is 183 g/mol. The number of nitrogens with zero attached hydrogens (tertiary/aromatic N) is 2. The van der Waals surface area contributed by atoms with Crippen molar-refractivity contribution in [1.82, 2.24) is 15.6 Å². The second-order valence-corrected chi connectivity index (χ2v) is 2.65. The van der Waals surface area contributed by atoms with Crippen molar-refractivity contribution < 1.29 is 0 Å². The van der Waals surface area contributed by atoms with Gasteiger partial charge < -0.3 is 5.73 Å². The van der Waals surface area contributed by atoms with Gasteiger partial charge in [-0.3, -0.25) is 10.5 Å². The van der Waals surface area contributed by atoms with E-state index in [2.05, 4.69) is 32.9 Å². The molecule has 64 valence electrons. The summed E-state index contributed by atoms with van der Waals surface area (Å²) in [7, 11) is 0. The minimum atomic E-state index is 0.138. The number of thiocarbonyl (C=S) groups is 1. The van der Waals surface area contributed by atoms with Crippen molar-refractivity contribution in [2.75, 3.05) is 0 Å². The van der Waals surface area contributed by atoms with E-state index in [0.717, 1.165) is 11.4 Å². The highest BCUT2D eigenvalue weighted by Gasteiger charge is 1.91. The largest absolute Gasteiger partial charge is 0.375 e. The molecular weight excluding hydrogens is 174 g/mol. The fourth-order valence-corrected chi connectivity index (χ4v) is 0.720. The van der Waals surface area contributed by atoms with Gasteiger partial charge in [-0.1, -0.05) is 0 Å². The zero-order valence-corrected chi connectivity index (χ0v) is 7.35. The van der Waals surface area contributed by atoms with E-state index in [0.29, 0.717) is 0 Å². The first-order valence-corrected chi connectivity index (χ1v) is 3.70. The summed E-state index contributed by atoms with van der Waals surface area (Å²) in [6.45, 7) is 1.91. The van der Waals surface area contributed by atoms with Crippen molar-refractivity contribution in [3.8, 4) is 0 Å². The molecule has 0 aromatic carbocycles. The zero-order chi connectivity index (χ0) is 8.97. The van der Waals surface area contributed by atoms with Gasteiger partial charge in [-0.2, -0.15) is 10.2 Å². The van der Waals surface area contributed by atoms with Crippen molar-refractivity contribution in [3.05, 3.63) is 17.5 Å². The van der Waals surface area contributed by atoms with Crippen LogP contribution in [-0.2, 0) is 0 Å². The Hall–Kier alpha value is -1.43. The molecule has 0 saturated carbocycles. The second-order valence-electron chi connectivity index (χ2n) is 2.21. The molecule has 0 bridgehead atoms. The van der Waals surface area contributed by atoms with Crippen LogP contribution in [-0.4, -0.2) is 21.5 Å². The van der Waals surface area contributed by atoms with Crippen molar-refractivity contribution >= 4 is 23.5 Å². The first-order valence-electron chi connectivity index (χ1n) is 3.29. The fourth-order valence-electron chi connectivity index (χ4n) is 0.667. The van der Waals surface area contributed by atoms with Crippen LogP contribution in [0.1, 0.15) is 11.4 Å². The predicted molar refractivity (Wildman–Crippen MR) is 50.8 cm³/mol. The lowest BCUT2D eigenvalue weighted by Crippen LogP contribution is -2.24. The quantitative estimate of drug-likeness (QED) is 0.339. The van der Waals surface area contributed by atoms with E-state index in [9.17, 15) is 0 Å². The molecule has 0 fully saturated rings. The molecule has 0 aliphatic carbocycles. The number of H-pyrrole nitrogens is 1. The molecule has 1 rings (SSSR count). The van der Waals surface area contributed by atoms with Gasteiger partial charge in [-0.15, -0.1) is 0 Å². The average Bonchev–Trinajstić information content (AvgIpc) is 2.35. The van der Waals surface area contributed by atoms with Gasteiger partial charge in [0.1, 0.15) is 5.69 Å². The summed E-state index contributed by atoms with van der Waals surface area (Å²) in [5, 5.41) is 10.6. The number of nitrogens with one attached hydrogen (secondary N) is 2. The minimum Gasteiger partial charge on any atom is -0.375 e. The highest BCUT2D eigenvalue weighted by Crippen LogP contribution is 1.92. The maximum Gasteiger partial charge on any atom is 0.184 e. The van der Waals surface area contributed by atoms with Crippen LogP contribution in [0.4, 0.5) is 0 Å². The number of rotatable bonds is 2. The molecule has 1 aromatic rings. The summed E-state index contributed by atoms with van der Waals surface area (Å²) < 4.78 is 0. The molecule has 0 unspecified atom stereocenters. The molecule has 0 aliphatic rings. The van der Waals surface area contributed by atoms with Gasteiger partial charge in [0.05, 0.1) is 6.21 Å². The lowest BCUT2D eigenvalue weighted by Gasteiger charge is -1.90. The van der Waals surface area contributed by atoms with Gasteiger partial charge in [0.15, 0.2) is 5.11 Å². The maximum absolute atomic E-state index is 5.14. The van der Waals surface area contributed by atoms with Crippen LogP contribution in [0.15, 0.2) is 11.2 Å². The number of hydrazone groups is 1. The lowest BCUT2D eigenvalue weighted by atomic mass is 10.4. The lowest BCUT2D eigenvalue weighted by molar-refractivity contribution is 1.02. The Morgan fingerprint density at radius 1 is 1.92 bits per heavy atom. The Bertz CT molecular complexity index is 303. The molecule has 1 aromatic heterocycles. The summed E-state index contributed by atoms with van der Waals surface area (Å²) in [5.41, 5.74) is 9.28. The summed E-state index contributed by atoms with van der Waals surface area (Å²) in [4.78, 5) is 0. The van der Waals surface area contributed by atoms with Gasteiger partial charge in [0.25, 0.3) is 0 Å². The third kappa shape index (κ3) is 2.67. The molecule has 6 heteroatoms. The maximum atomic E-state index is 5.14. The van der Waals surface area contributed by atoms with Crippen LogP contribution in [0.25, 0.3) is 0 Å². The Morgan fingerprint density at radius 3 is 3.17 bits per heavy atom. The molecule has 0 spiro atoms. The minimum absolute atomic E-state index is 0.138. The highest BCUT2D eigenvalue weighted by molar-refractivity contribution is 7.80. The van der Waals surface area contributed by atoms with Crippen LogP contribution in [0.2, 0.25) is 0 Å². The predicted octanol–water partition coefficient (Wildman–Crippen LogP) is -0.115. The molecule has 0 radical (unpaired) electrons.